The Morgan fingerprint density at radius 2 is 2.08 bits per heavy atom. The van der Waals surface area contributed by atoms with Gasteiger partial charge in [-0.1, -0.05) is 0 Å². The van der Waals surface area contributed by atoms with Gasteiger partial charge in [-0.15, -0.1) is 0 Å². The summed E-state index contributed by atoms with van der Waals surface area (Å²) in [6, 6.07) is 5.83. The number of nitrogens with one attached hydrogen (secondary N) is 1. The normalized spacial score (nSPS) is 20.0. The molecule has 132 valence electrons. The van der Waals surface area contributed by atoms with Crippen molar-refractivity contribution in [1.29, 1.82) is 5.26 Å². The first-order valence-electron chi connectivity index (χ1n) is 8.59. The van der Waals surface area contributed by atoms with E-state index in [0.717, 1.165) is 36.8 Å². The number of anilines is 2. The van der Waals surface area contributed by atoms with Crippen LogP contribution in [0.2, 0.25) is 0 Å². The van der Waals surface area contributed by atoms with E-state index in [1.807, 2.05) is 0 Å². The number of nitriles is 1. The van der Waals surface area contributed by atoms with Gasteiger partial charge in [0.2, 0.25) is 0 Å². The lowest BCUT2D eigenvalue weighted by atomic mass is 9.93. The van der Waals surface area contributed by atoms with Crippen LogP contribution in [-0.2, 0) is 0 Å². The van der Waals surface area contributed by atoms with E-state index < -0.39 is 0 Å². The number of aliphatic hydroxyl groups is 1. The zero-order chi connectivity index (χ0) is 18.1. The standard InChI is InChI=1S/C18H19N7O/c19-8-11-5-6-25-16(7-11)14(9-22-25)17-21-10-15(20)18(24-17)23-12-1-3-13(26)4-2-12/h5-7,9-10,12-13,26H,1-4,20H2,(H,21,23,24)/t12-,13-. The average Bonchev–Trinajstić information content (AvgIpc) is 3.08. The summed E-state index contributed by atoms with van der Waals surface area (Å²) in [5.41, 5.74) is 8.58. The summed E-state index contributed by atoms with van der Waals surface area (Å²) in [5.74, 6) is 1.09. The molecule has 3 aromatic heterocycles. The molecule has 26 heavy (non-hydrogen) atoms. The van der Waals surface area contributed by atoms with Gasteiger partial charge in [-0.3, -0.25) is 0 Å². The molecule has 1 aliphatic rings. The van der Waals surface area contributed by atoms with Crippen molar-refractivity contribution in [3.63, 3.8) is 0 Å². The van der Waals surface area contributed by atoms with Gasteiger partial charge in [-0.05, 0) is 37.8 Å². The van der Waals surface area contributed by atoms with Crippen molar-refractivity contribution < 1.29 is 5.11 Å². The van der Waals surface area contributed by atoms with E-state index in [9.17, 15) is 5.11 Å². The Hall–Kier alpha value is -3.18. The maximum absolute atomic E-state index is 9.65. The molecule has 1 saturated carbocycles. The molecule has 8 nitrogen and oxygen atoms in total. The molecule has 0 bridgehead atoms. The fourth-order valence-corrected chi connectivity index (χ4v) is 3.27. The van der Waals surface area contributed by atoms with Gasteiger partial charge in [0, 0.05) is 12.2 Å². The van der Waals surface area contributed by atoms with Crippen molar-refractivity contribution in [3.05, 3.63) is 36.3 Å². The van der Waals surface area contributed by atoms with Crippen LogP contribution in [0.15, 0.2) is 30.7 Å². The van der Waals surface area contributed by atoms with E-state index >= 15 is 0 Å². The molecule has 0 aromatic carbocycles. The van der Waals surface area contributed by atoms with E-state index in [-0.39, 0.29) is 12.1 Å². The zero-order valence-electron chi connectivity index (χ0n) is 14.1. The molecule has 4 rings (SSSR count). The number of fused-ring (bicyclic) bond motifs is 1. The minimum atomic E-state index is -0.209. The van der Waals surface area contributed by atoms with E-state index in [1.54, 1.807) is 35.2 Å². The number of hydrogen-bond acceptors (Lipinski definition) is 7. The summed E-state index contributed by atoms with van der Waals surface area (Å²) in [7, 11) is 0. The van der Waals surface area contributed by atoms with Gasteiger partial charge >= 0.3 is 0 Å². The third-order valence-corrected chi connectivity index (χ3v) is 4.75. The van der Waals surface area contributed by atoms with Crippen molar-refractivity contribution in [2.75, 3.05) is 11.1 Å². The Bertz CT molecular complexity index is 983. The predicted octanol–water partition coefficient (Wildman–Crippen LogP) is 1.96. The van der Waals surface area contributed by atoms with Crippen molar-refractivity contribution in [2.24, 2.45) is 0 Å². The van der Waals surface area contributed by atoms with Crippen molar-refractivity contribution in [1.82, 2.24) is 19.6 Å². The van der Waals surface area contributed by atoms with Crippen LogP contribution in [-0.4, -0.2) is 36.8 Å². The lowest BCUT2D eigenvalue weighted by molar-refractivity contribution is 0.126. The van der Waals surface area contributed by atoms with Crippen LogP contribution >= 0.6 is 0 Å². The van der Waals surface area contributed by atoms with E-state index in [1.165, 1.54) is 0 Å². The molecule has 0 spiro atoms. The predicted molar refractivity (Wildman–Crippen MR) is 97.2 cm³/mol. The highest BCUT2D eigenvalue weighted by molar-refractivity contribution is 5.78. The molecule has 1 fully saturated rings. The highest BCUT2D eigenvalue weighted by Crippen LogP contribution is 2.27. The van der Waals surface area contributed by atoms with E-state index in [0.29, 0.717) is 22.9 Å². The summed E-state index contributed by atoms with van der Waals surface area (Å²) in [6.07, 6.45) is 8.11. The fraction of sp³-hybridized carbons (Fsp3) is 0.333. The second kappa shape index (κ2) is 6.61. The third kappa shape index (κ3) is 3.05. The molecule has 3 aromatic rings. The average molecular weight is 349 g/mol. The Morgan fingerprint density at radius 1 is 1.27 bits per heavy atom. The van der Waals surface area contributed by atoms with Crippen LogP contribution < -0.4 is 11.1 Å². The number of aliphatic hydroxyl groups excluding tert-OH is 1. The zero-order valence-corrected chi connectivity index (χ0v) is 14.1. The number of nitrogens with two attached hydrogens (primary N) is 1. The first-order chi connectivity index (χ1) is 12.6. The number of nitrogens with zero attached hydrogens (tertiary/aromatic N) is 5. The number of rotatable bonds is 3. The molecule has 0 aliphatic heterocycles. The number of pyridine rings is 1. The van der Waals surface area contributed by atoms with Gasteiger partial charge in [0.25, 0.3) is 0 Å². The highest BCUT2D eigenvalue weighted by Gasteiger charge is 2.21. The topological polar surface area (TPSA) is 125 Å². The van der Waals surface area contributed by atoms with Gasteiger partial charge in [0.05, 0.1) is 46.9 Å². The molecule has 0 atom stereocenters. The van der Waals surface area contributed by atoms with Crippen LogP contribution in [0.5, 0.6) is 0 Å². The summed E-state index contributed by atoms with van der Waals surface area (Å²) in [6.45, 7) is 0. The number of aromatic nitrogens is 4. The van der Waals surface area contributed by atoms with E-state index in [2.05, 4.69) is 26.5 Å². The van der Waals surface area contributed by atoms with Gasteiger partial charge in [-0.25, -0.2) is 14.5 Å². The van der Waals surface area contributed by atoms with Crippen LogP contribution in [0.1, 0.15) is 31.2 Å². The molecule has 0 amide bonds. The summed E-state index contributed by atoms with van der Waals surface area (Å²) in [4.78, 5) is 8.93. The molecule has 4 N–H and O–H groups in total. The molecule has 3 heterocycles. The first kappa shape index (κ1) is 16.3. The SMILES string of the molecule is N#Cc1ccn2ncc(-c3ncc(N)c(N[C@H]4CC[C@H](O)CC4)n3)c2c1. The van der Waals surface area contributed by atoms with Crippen molar-refractivity contribution >= 4 is 17.0 Å². The van der Waals surface area contributed by atoms with Gasteiger partial charge in [0.1, 0.15) is 0 Å². The van der Waals surface area contributed by atoms with Crippen LogP contribution in [0, 0.1) is 11.3 Å². The monoisotopic (exact) mass is 349 g/mol. The molecular weight excluding hydrogens is 330 g/mol. The summed E-state index contributed by atoms with van der Waals surface area (Å²) < 4.78 is 1.69. The van der Waals surface area contributed by atoms with Crippen LogP contribution in [0.4, 0.5) is 11.5 Å². The molecule has 0 saturated heterocycles. The Balaban J connectivity index is 1.67. The summed E-state index contributed by atoms with van der Waals surface area (Å²) >= 11 is 0. The Morgan fingerprint density at radius 3 is 2.85 bits per heavy atom. The number of hydrogen-bond donors (Lipinski definition) is 3. The second-order valence-corrected chi connectivity index (χ2v) is 6.56. The minimum Gasteiger partial charge on any atom is -0.394 e. The van der Waals surface area contributed by atoms with Gasteiger partial charge in [-0.2, -0.15) is 10.4 Å². The molecule has 0 unspecified atom stereocenters. The molecule has 1 aliphatic carbocycles. The number of nitrogen functional groups attached to an aromatic ring is 1. The molecular formula is C18H19N7O. The molecule has 8 heteroatoms. The van der Waals surface area contributed by atoms with Gasteiger partial charge < -0.3 is 16.2 Å². The maximum Gasteiger partial charge on any atom is 0.165 e. The largest absolute Gasteiger partial charge is 0.394 e. The lowest BCUT2D eigenvalue weighted by Crippen LogP contribution is -2.29. The second-order valence-electron chi connectivity index (χ2n) is 6.56. The Kier molecular flexibility index (Phi) is 4.14. The smallest absolute Gasteiger partial charge is 0.165 e. The highest BCUT2D eigenvalue weighted by atomic mass is 16.3. The van der Waals surface area contributed by atoms with Crippen molar-refractivity contribution in [2.45, 2.75) is 37.8 Å². The van der Waals surface area contributed by atoms with Crippen molar-refractivity contribution in [3.8, 4) is 17.5 Å². The molecule has 0 radical (unpaired) electrons. The minimum absolute atomic E-state index is 0.209. The first-order valence-corrected chi connectivity index (χ1v) is 8.59. The Labute approximate surface area is 150 Å². The maximum atomic E-state index is 9.65. The van der Waals surface area contributed by atoms with Crippen LogP contribution in [0.3, 0.4) is 0 Å². The van der Waals surface area contributed by atoms with Crippen LogP contribution in [0.25, 0.3) is 16.9 Å². The summed E-state index contributed by atoms with van der Waals surface area (Å²) in [5, 5.41) is 26.4. The van der Waals surface area contributed by atoms with E-state index in [4.69, 9.17) is 11.0 Å². The fourth-order valence-electron chi connectivity index (χ4n) is 3.27. The third-order valence-electron chi connectivity index (χ3n) is 4.75. The lowest BCUT2D eigenvalue weighted by Gasteiger charge is -2.27. The van der Waals surface area contributed by atoms with Gasteiger partial charge in [0.15, 0.2) is 11.6 Å². The quantitative estimate of drug-likeness (QED) is 0.660.